The first-order valence-electron chi connectivity index (χ1n) is 8.94. The molecule has 0 saturated heterocycles. The van der Waals surface area contributed by atoms with Gasteiger partial charge in [-0.15, -0.1) is 0 Å². The summed E-state index contributed by atoms with van der Waals surface area (Å²) in [6.07, 6.45) is 2.49. The van der Waals surface area contributed by atoms with E-state index in [4.69, 9.17) is 4.74 Å². The average Bonchev–Trinajstić information content (AvgIpc) is 2.58. The average molecular weight is 513 g/mol. The van der Waals surface area contributed by atoms with Crippen molar-refractivity contribution in [2.45, 2.75) is 51.4 Å². The van der Waals surface area contributed by atoms with Gasteiger partial charge in [0.05, 0.1) is 0 Å². The summed E-state index contributed by atoms with van der Waals surface area (Å²) in [7, 11) is 0. The van der Waals surface area contributed by atoms with Crippen LogP contribution in [0, 0.1) is 0 Å². The quantitative estimate of drug-likeness (QED) is 0.325. The van der Waals surface area contributed by atoms with E-state index in [0.29, 0.717) is 0 Å². The van der Waals surface area contributed by atoms with E-state index >= 15 is 0 Å². The van der Waals surface area contributed by atoms with Gasteiger partial charge in [0.25, 0.3) is 0 Å². The van der Waals surface area contributed by atoms with Gasteiger partial charge in [0.2, 0.25) is 0 Å². The van der Waals surface area contributed by atoms with Crippen molar-refractivity contribution in [2.24, 2.45) is 0 Å². The van der Waals surface area contributed by atoms with Crippen LogP contribution < -0.4 is 13.7 Å². The predicted octanol–water partition coefficient (Wildman–Crippen LogP) is 4.50. The summed E-state index contributed by atoms with van der Waals surface area (Å²) < 4.78 is 10.00. The number of hydrogen-bond donors (Lipinski definition) is 0. The molecule has 3 rings (SSSR count). The van der Waals surface area contributed by atoms with Crippen LogP contribution in [0.15, 0.2) is 42.5 Å². The van der Waals surface area contributed by atoms with Crippen molar-refractivity contribution in [1.29, 1.82) is 0 Å². The van der Waals surface area contributed by atoms with Crippen LogP contribution in [-0.2, 0) is 10.8 Å². The molecular formula is C22H27IOSe. The summed E-state index contributed by atoms with van der Waals surface area (Å²) in [5.74, 6) is 1.10. The fourth-order valence-electron chi connectivity index (χ4n) is 3.53. The Bertz CT molecular complexity index is 737. The molecule has 1 nitrogen and oxygen atoms in total. The molecule has 0 spiro atoms. The van der Waals surface area contributed by atoms with Crippen LogP contribution in [0.2, 0.25) is 0 Å². The molecule has 0 fully saturated rings. The Morgan fingerprint density at radius 3 is 2.16 bits per heavy atom. The molecule has 0 amide bonds. The van der Waals surface area contributed by atoms with Gasteiger partial charge in [-0.25, -0.2) is 0 Å². The van der Waals surface area contributed by atoms with Crippen molar-refractivity contribution in [3.63, 3.8) is 0 Å². The molecule has 25 heavy (non-hydrogen) atoms. The van der Waals surface area contributed by atoms with E-state index in [-0.39, 0.29) is 25.8 Å². The van der Waals surface area contributed by atoms with E-state index in [9.17, 15) is 0 Å². The van der Waals surface area contributed by atoms with E-state index in [1.165, 1.54) is 32.9 Å². The summed E-state index contributed by atoms with van der Waals surface area (Å²) in [5, 5.41) is 0. The second-order valence-electron chi connectivity index (χ2n) is 8.06. The van der Waals surface area contributed by atoms with Gasteiger partial charge in [0.15, 0.2) is 0 Å². The fraction of sp³-hybridized carbons (Fsp3) is 0.455. The molecule has 0 heterocycles. The molecular weight excluding hydrogens is 486 g/mol. The summed E-state index contributed by atoms with van der Waals surface area (Å²) in [4.78, 5) is 0. The SMILES string of the molecule is CC1(C)CCC(C)(C)c2cc([Se]c3ccccc3)c(OCCI)cc21. The Labute approximate surface area is 172 Å². The molecule has 1 aliphatic carbocycles. The van der Waals surface area contributed by atoms with Crippen LogP contribution in [-0.4, -0.2) is 26.0 Å². The zero-order chi connectivity index (χ0) is 18.1. The van der Waals surface area contributed by atoms with Gasteiger partial charge >= 0.3 is 173 Å². The van der Waals surface area contributed by atoms with Gasteiger partial charge < -0.3 is 0 Å². The number of fused-ring (bicyclic) bond motifs is 1. The molecule has 0 atom stereocenters. The molecule has 0 aliphatic heterocycles. The Balaban J connectivity index is 2.09. The molecule has 0 bridgehead atoms. The zero-order valence-corrected chi connectivity index (χ0v) is 19.4. The summed E-state index contributed by atoms with van der Waals surface area (Å²) >= 11 is 2.66. The standard InChI is InChI=1S/C22H27IOSe/c1-21(2)10-11-22(3,4)18-15-20(25-16-8-6-5-7-9-16)19(14-17(18)21)24-13-12-23/h5-9,14-15H,10-13H2,1-4H3. The van der Waals surface area contributed by atoms with Crippen molar-refractivity contribution >= 4 is 46.5 Å². The van der Waals surface area contributed by atoms with Crippen LogP contribution in [0.1, 0.15) is 51.7 Å². The normalized spacial score (nSPS) is 17.8. The molecule has 0 N–H and O–H groups in total. The maximum absolute atomic E-state index is 6.19. The van der Waals surface area contributed by atoms with Crippen LogP contribution >= 0.6 is 22.6 Å². The van der Waals surface area contributed by atoms with Gasteiger partial charge in [0, 0.05) is 0 Å². The first kappa shape index (κ1) is 19.3. The number of halogens is 1. The predicted molar refractivity (Wildman–Crippen MR) is 118 cm³/mol. The van der Waals surface area contributed by atoms with E-state index < -0.39 is 0 Å². The first-order chi connectivity index (χ1) is 11.8. The second kappa shape index (κ2) is 7.62. The molecule has 0 aromatic heterocycles. The first-order valence-corrected chi connectivity index (χ1v) is 12.2. The Kier molecular flexibility index (Phi) is 5.87. The molecule has 1 aliphatic rings. The van der Waals surface area contributed by atoms with Crippen molar-refractivity contribution in [3.8, 4) is 5.75 Å². The maximum atomic E-state index is 6.19. The zero-order valence-electron chi connectivity index (χ0n) is 15.6. The summed E-state index contributed by atoms with van der Waals surface area (Å²) in [6.45, 7) is 10.3. The Morgan fingerprint density at radius 1 is 0.960 bits per heavy atom. The molecule has 0 saturated carbocycles. The van der Waals surface area contributed by atoms with Crippen molar-refractivity contribution < 1.29 is 4.74 Å². The third-order valence-electron chi connectivity index (χ3n) is 5.22. The molecule has 2 aromatic carbocycles. The van der Waals surface area contributed by atoms with Crippen LogP contribution in [0.3, 0.4) is 0 Å². The molecule has 0 unspecified atom stereocenters. The second-order valence-corrected chi connectivity index (χ2v) is 11.5. The van der Waals surface area contributed by atoms with Gasteiger partial charge in [-0.2, -0.15) is 0 Å². The van der Waals surface area contributed by atoms with Crippen molar-refractivity contribution in [1.82, 2.24) is 0 Å². The Morgan fingerprint density at radius 2 is 1.56 bits per heavy atom. The Hall–Kier alpha value is -0.511. The monoisotopic (exact) mass is 514 g/mol. The van der Waals surface area contributed by atoms with Crippen LogP contribution in [0.25, 0.3) is 0 Å². The summed E-state index contributed by atoms with van der Waals surface area (Å²) in [6, 6.07) is 15.6. The van der Waals surface area contributed by atoms with E-state index in [0.717, 1.165) is 16.8 Å². The van der Waals surface area contributed by atoms with Crippen molar-refractivity contribution in [2.75, 3.05) is 11.0 Å². The third-order valence-corrected chi connectivity index (χ3v) is 7.86. The summed E-state index contributed by atoms with van der Waals surface area (Å²) in [5.41, 5.74) is 3.48. The van der Waals surface area contributed by atoms with E-state index in [1.807, 2.05) is 0 Å². The molecule has 2 aromatic rings. The molecule has 3 heteroatoms. The van der Waals surface area contributed by atoms with Crippen LogP contribution in [0.4, 0.5) is 0 Å². The number of alkyl halides is 1. The number of ether oxygens (including phenoxy) is 1. The number of rotatable bonds is 5. The van der Waals surface area contributed by atoms with Crippen molar-refractivity contribution in [3.05, 3.63) is 53.6 Å². The van der Waals surface area contributed by atoms with Gasteiger partial charge in [-0.05, 0) is 0 Å². The number of hydrogen-bond acceptors (Lipinski definition) is 1. The minimum atomic E-state index is 0.228. The minimum absolute atomic E-state index is 0.228. The van der Waals surface area contributed by atoms with Gasteiger partial charge in [0.1, 0.15) is 0 Å². The van der Waals surface area contributed by atoms with Gasteiger partial charge in [-0.3, -0.25) is 0 Å². The molecule has 0 radical (unpaired) electrons. The molecule has 134 valence electrons. The fourth-order valence-corrected chi connectivity index (χ4v) is 5.73. The van der Waals surface area contributed by atoms with E-state index in [1.54, 1.807) is 0 Å². The van der Waals surface area contributed by atoms with E-state index in [2.05, 4.69) is 92.8 Å². The topological polar surface area (TPSA) is 9.23 Å². The third kappa shape index (κ3) is 4.26. The number of benzene rings is 2. The van der Waals surface area contributed by atoms with Crippen LogP contribution in [0.5, 0.6) is 5.75 Å². The van der Waals surface area contributed by atoms with Gasteiger partial charge in [-0.1, -0.05) is 0 Å².